The molecule has 0 fully saturated rings. The minimum absolute atomic E-state index is 0.181. The van der Waals surface area contributed by atoms with Gasteiger partial charge in [0.2, 0.25) is 0 Å². The number of halogens is 2. The first-order valence-electron chi connectivity index (χ1n) is 2.88. The van der Waals surface area contributed by atoms with Crippen LogP contribution in [0.1, 0.15) is 0 Å². The van der Waals surface area contributed by atoms with Gasteiger partial charge < -0.3 is 5.32 Å². The van der Waals surface area contributed by atoms with Crippen LogP contribution in [0.2, 0.25) is 0 Å². The molecule has 0 aromatic rings. The monoisotopic (exact) mass is 166 g/mol. The van der Waals surface area contributed by atoms with Crippen LogP contribution in [-0.2, 0) is 0 Å². The van der Waals surface area contributed by atoms with E-state index in [1.165, 1.54) is 6.26 Å². The van der Waals surface area contributed by atoms with Gasteiger partial charge in [-0.2, -0.15) is 8.78 Å². The maximum absolute atomic E-state index is 12.6. The van der Waals surface area contributed by atoms with Crippen LogP contribution in [0.15, 0.2) is 4.99 Å². The van der Waals surface area contributed by atoms with E-state index in [4.69, 9.17) is 0 Å². The summed E-state index contributed by atoms with van der Waals surface area (Å²) in [5.74, 6) is -0.181. The van der Waals surface area contributed by atoms with Crippen LogP contribution >= 0.6 is 11.8 Å². The Balaban J connectivity index is 2.62. The summed E-state index contributed by atoms with van der Waals surface area (Å²) in [6, 6.07) is 0. The number of thioether (sulfide) groups is 1. The van der Waals surface area contributed by atoms with Crippen molar-refractivity contribution in [3.05, 3.63) is 0 Å². The van der Waals surface area contributed by atoms with Crippen molar-refractivity contribution in [2.24, 2.45) is 4.99 Å². The Hall–Kier alpha value is -0.320. The third-order valence-electron chi connectivity index (χ3n) is 1.21. The zero-order chi connectivity index (χ0) is 7.61. The summed E-state index contributed by atoms with van der Waals surface area (Å²) in [7, 11) is 0. The van der Waals surface area contributed by atoms with Gasteiger partial charge in [-0.15, -0.1) is 0 Å². The molecule has 5 heteroatoms. The van der Waals surface area contributed by atoms with E-state index in [1.54, 1.807) is 0 Å². The zero-order valence-corrected chi connectivity index (χ0v) is 6.34. The molecule has 1 heterocycles. The molecule has 1 aliphatic rings. The highest BCUT2D eigenvalue weighted by atomic mass is 32.2. The second-order valence-corrected chi connectivity index (χ2v) is 2.80. The molecule has 2 nitrogen and oxygen atoms in total. The van der Waals surface area contributed by atoms with Crippen LogP contribution in [-0.4, -0.2) is 30.4 Å². The average molecular weight is 166 g/mol. The fourth-order valence-corrected chi connectivity index (χ4v) is 1.02. The number of hydrogen-bond donors (Lipinski definition) is 1. The average Bonchev–Trinajstić information content (AvgIpc) is 2.38. The smallest absolute Gasteiger partial charge is 0.349 e. The van der Waals surface area contributed by atoms with E-state index in [2.05, 4.69) is 10.3 Å². The van der Waals surface area contributed by atoms with Gasteiger partial charge in [0.25, 0.3) is 0 Å². The molecule has 0 saturated heterocycles. The molecule has 0 atom stereocenters. The standard InChI is InChI=1S/C5H8F2N2S/c1-10-5(6,7)4-8-2-3-9-4/h2-3H2,1H3,(H,8,9). The fraction of sp³-hybridized carbons (Fsp3) is 0.800. The van der Waals surface area contributed by atoms with Crippen LogP contribution in [0.5, 0.6) is 0 Å². The molecule has 0 aliphatic carbocycles. The lowest BCUT2D eigenvalue weighted by Crippen LogP contribution is -2.34. The van der Waals surface area contributed by atoms with Crippen molar-refractivity contribution in [1.82, 2.24) is 5.32 Å². The van der Waals surface area contributed by atoms with Crippen LogP contribution in [0, 0.1) is 0 Å². The highest BCUT2D eigenvalue weighted by molar-refractivity contribution is 8.00. The molecule has 1 N–H and O–H groups in total. The van der Waals surface area contributed by atoms with Gasteiger partial charge in [0.05, 0.1) is 6.54 Å². The largest absolute Gasteiger partial charge is 0.366 e. The summed E-state index contributed by atoms with van der Waals surface area (Å²) in [5.41, 5.74) is 0. The normalized spacial score (nSPS) is 18.5. The number of hydrogen-bond acceptors (Lipinski definition) is 3. The number of nitrogens with one attached hydrogen (secondary N) is 1. The molecule has 0 amide bonds. The number of aliphatic imine (C=N–C) groups is 1. The van der Waals surface area contributed by atoms with Gasteiger partial charge in [0, 0.05) is 6.54 Å². The molecule has 1 aliphatic heterocycles. The Morgan fingerprint density at radius 3 is 2.80 bits per heavy atom. The lowest BCUT2D eigenvalue weighted by atomic mass is 10.6. The molecule has 1 rings (SSSR count). The summed E-state index contributed by atoms with van der Waals surface area (Å²) in [6.45, 7) is 0.997. The number of rotatable bonds is 2. The third-order valence-corrected chi connectivity index (χ3v) is 1.91. The minimum atomic E-state index is -2.82. The van der Waals surface area contributed by atoms with Crippen LogP contribution in [0.25, 0.3) is 0 Å². The quantitative estimate of drug-likeness (QED) is 0.660. The van der Waals surface area contributed by atoms with Gasteiger partial charge >= 0.3 is 5.25 Å². The molecule has 0 radical (unpaired) electrons. The summed E-state index contributed by atoms with van der Waals surface area (Å²) in [4.78, 5) is 3.61. The van der Waals surface area contributed by atoms with E-state index in [9.17, 15) is 8.78 Å². The summed E-state index contributed by atoms with van der Waals surface area (Å²) in [5, 5.41) is -0.296. The second-order valence-electron chi connectivity index (χ2n) is 1.88. The van der Waals surface area contributed by atoms with E-state index < -0.39 is 5.25 Å². The van der Waals surface area contributed by atoms with E-state index in [0.717, 1.165) is 0 Å². The van der Waals surface area contributed by atoms with Gasteiger partial charge in [-0.25, -0.2) is 0 Å². The van der Waals surface area contributed by atoms with E-state index in [0.29, 0.717) is 24.9 Å². The first-order chi connectivity index (χ1) is 4.67. The molecule has 0 spiro atoms. The molecule has 10 heavy (non-hydrogen) atoms. The number of amidine groups is 1. The highest BCUT2D eigenvalue weighted by Crippen LogP contribution is 2.27. The van der Waals surface area contributed by atoms with E-state index in [-0.39, 0.29) is 5.84 Å². The van der Waals surface area contributed by atoms with Gasteiger partial charge in [-0.3, -0.25) is 4.99 Å². The Morgan fingerprint density at radius 1 is 1.70 bits per heavy atom. The Labute approximate surface area is 62.1 Å². The predicted octanol–water partition coefficient (Wildman–Crippen LogP) is 0.944. The van der Waals surface area contributed by atoms with Crippen molar-refractivity contribution in [3.8, 4) is 0 Å². The van der Waals surface area contributed by atoms with Gasteiger partial charge in [0.15, 0.2) is 5.84 Å². The SMILES string of the molecule is CSC(F)(F)C1=NCCN1. The van der Waals surface area contributed by atoms with Crippen LogP contribution in [0.4, 0.5) is 8.78 Å². The molecular formula is C5H8F2N2S. The summed E-state index contributed by atoms with van der Waals surface area (Å²) in [6.07, 6.45) is 1.36. The molecule has 0 unspecified atom stereocenters. The van der Waals surface area contributed by atoms with Crippen molar-refractivity contribution in [1.29, 1.82) is 0 Å². The second kappa shape index (κ2) is 2.74. The first kappa shape index (κ1) is 7.78. The highest BCUT2D eigenvalue weighted by Gasteiger charge is 2.36. The predicted molar refractivity (Wildman–Crippen MR) is 38.8 cm³/mol. The van der Waals surface area contributed by atoms with E-state index >= 15 is 0 Å². The zero-order valence-electron chi connectivity index (χ0n) is 5.53. The summed E-state index contributed by atoms with van der Waals surface area (Å²) < 4.78 is 25.3. The lowest BCUT2D eigenvalue weighted by Gasteiger charge is -2.12. The molecule has 0 bridgehead atoms. The molecule has 0 aromatic heterocycles. The summed E-state index contributed by atoms with van der Waals surface area (Å²) >= 11 is 0.498. The Kier molecular flexibility index (Phi) is 2.13. The fourth-order valence-electron chi connectivity index (χ4n) is 0.690. The maximum atomic E-state index is 12.6. The maximum Gasteiger partial charge on any atom is 0.349 e. The number of alkyl halides is 2. The van der Waals surface area contributed by atoms with Gasteiger partial charge in [-0.05, 0) is 6.26 Å². The van der Waals surface area contributed by atoms with Crippen molar-refractivity contribution >= 4 is 17.6 Å². The number of nitrogens with zero attached hydrogens (tertiary/aromatic N) is 1. The van der Waals surface area contributed by atoms with Gasteiger partial charge in [-0.1, -0.05) is 11.8 Å². The minimum Gasteiger partial charge on any atom is -0.366 e. The molecular weight excluding hydrogens is 158 g/mol. The molecule has 0 saturated carbocycles. The van der Waals surface area contributed by atoms with Crippen molar-refractivity contribution in [2.45, 2.75) is 5.25 Å². The van der Waals surface area contributed by atoms with Crippen molar-refractivity contribution in [2.75, 3.05) is 19.3 Å². The lowest BCUT2D eigenvalue weighted by molar-refractivity contribution is 0.182. The molecule has 58 valence electrons. The van der Waals surface area contributed by atoms with Crippen molar-refractivity contribution in [3.63, 3.8) is 0 Å². The Bertz CT molecular complexity index is 158. The topological polar surface area (TPSA) is 24.4 Å². The van der Waals surface area contributed by atoms with Crippen molar-refractivity contribution < 1.29 is 8.78 Å². The third kappa shape index (κ3) is 1.39. The Morgan fingerprint density at radius 2 is 2.40 bits per heavy atom. The molecule has 0 aromatic carbocycles. The van der Waals surface area contributed by atoms with Crippen LogP contribution in [0.3, 0.4) is 0 Å². The van der Waals surface area contributed by atoms with Crippen LogP contribution < -0.4 is 5.32 Å². The van der Waals surface area contributed by atoms with E-state index in [1.807, 2.05) is 0 Å². The van der Waals surface area contributed by atoms with Gasteiger partial charge in [0.1, 0.15) is 0 Å². The first-order valence-corrected chi connectivity index (χ1v) is 4.11.